The first kappa shape index (κ1) is 17.0. The van der Waals surface area contributed by atoms with Crippen LogP contribution in [-0.2, 0) is 11.3 Å². The van der Waals surface area contributed by atoms with Crippen LogP contribution in [0, 0.1) is 0 Å². The minimum Gasteiger partial charge on any atom is -0.383 e. The van der Waals surface area contributed by atoms with Gasteiger partial charge in [-0.1, -0.05) is 6.07 Å². The van der Waals surface area contributed by atoms with E-state index in [2.05, 4.69) is 15.5 Å². The summed E-state index contributed by atoms with van der Waals surface area (Å²) in [6, 6.07) is 7.24. The molecule has 1 amide bonds. The largest absolute Gasteiger partial charge is 0.383 e. The van der Waals surface area contributed by atoms with Gasteiger partial charge < -0.3 is 19.5 Å². The van der Waals surface area contributed by atoms with Crippen molar-refractivity contribution in [2.24, 2.45) is 0 Å². The fourth-order valence-corrected chi connectivity index (χ4v) is 2.23. The Labute approximate surface area is 136 Å². The topological polar surface area (TPSA) is 72.3 Å². The van der Waals surface area contributed by atoms with Crippen LogP contribution in [0.4, 0.5) is 5.69 Å². The number of hydrogen-bond acceptors (Lipinski definition) is 5. The highest BCUT2D eigenvalue weighted by molar-refractivity contribution is 5.95. The number of nitrogens with zero attached hydrogens (tertiary/aromatic N) is 4. The SMILES string of the molecule is COCCn1cnnc1[C@H](C)NC(=O)c1cccc(N(C)C)c1. The number of carbonyl (C=O) groups is 1. The van der Waals surface area contributed by atoms with E-state index in [0.29, 0.717) is 24.5 Å². The lowest BCUT2D eigenvalue weighted by atomic mass is 10.1. The lowest BCUT2D eigenvalue weighted by molar-refractivity contribution is 0.0937. The van der Waals surface area contributed by atoms with Crippen molar-refractivity contribution in [3.05, 3.63) is 42.0 Å². The zero-order valence-corrected chi connectivity index (χ0v) is 14.0. The van der Waals surface area contributed by atoms with Crippen LogP contribution in [0.15, 0.2) is 30.6 Å². The number of ether oxygens (including phenoxy) is 1. The van der Waals surface area contributed by atoms with Gasteiger partial charge in [-0.2, -0.15) is 0 Å². The number of hydrogen-bond donors (Lipinski definition) is 1. The van der Waals surface area contributed by atoms with Gasteiger partial charge >= 0.3 is 0 Å². The van der Waals surface area contributed by atoms with Gasteiger partial charge in [-0.3, -0.25) is 4.79 Å². The van der Waals surface area contributed by atoms with E-state index in [1.54, 1.807) is 19.5 Å². The average molecular weight is 317 g/mol. The molecule has 2 aromatic rings. The Morgan fingerprint density at radius 2 is 2.22 bits per heavy atom. The lowest BCUT2D eigenvalue weighted by Crippen LogP contribution is -2.29. The van der Waals surface area contributed by atoms with Crippen molar-refractivity contribution >= 4 is 11.6 Å². The van der Waals surface area contributed by atoms with Gasteiger partial charge in [-0.05, 0) is 25.1 Å². The van der Waals surface area contributed by atoms with Crippen LogP contribution in [0.1, 0.15) is 29.1 Å². The summed E-state index contributed by atoms with van der Waals surface area (Å²) in [5.74, 6) is 0.571. The van der Waals surface area contributed by atoms with Crippen LogP contribution >= 0.6 is 0 Å². The van der Waals surface area contributed by atoms with E-state index in [-0.39, 0.29) is 11.9 Å². The van der Waals surface area contributed by atoms with Crippen LogP contribution in [0.2, 0.25) is 0 Å². The van der Waals surface area contributed by atoms with Gasteiger partial charge in [0.25, 0.3) is 5.91 Å². The van der Waals surface area contributed by atoms with E-state index >= 15 is 0 Å². The molecule has 1 aromatic heterocycles. The third-order valence-electron chi connectivity index (χ3n) is 3.54. The van der Waals surface area contributed by atoms with Gasteiger partial charge in [-0.15, -0.1) is 10.2 Å². The molecule has 1 heterocycles. The maximum Gasteiger partial charge on any atom is 0.251 e. The third-order valence-corrected chi connectivity index (χ3v) is 3.54. The second-order valence-electron chi connectivity index (χ2n) is 5.52. The molecule has 0 aliphatic heterocycles. The molecule has 1 aromatic carbocycles. The van der Waals surface area contributed by atoms with E-state index in [1.165, 1.54) is 0 Å². The van der Waals surface area contributed by atoms with Crippen molar-refractivity contribution in [1.82, 2.24) is 20.1 Å². The van der Waals surface area contributed by atoms with E-state index in [1.807, 2.05) is 48.7 Å². The number of rotatable bonds is 7. The Bertz CT molecular complexity index is 653. The number of methoxy groups -OCH3 is 1. The molecule has 7 heteroatoms. The number of nitrogens with one attached hydrogen (secondary N) is 1. The Morgan fingerprint density at radius 1 is 1.43 bits per heavy atom. The Morgan fingerprint density at radius 3 is 2.91 bits per heavy atom. The highest BCUT2D eigenvalue weighted by atomic mass is 16.5. The molecule has 0 spiro atoms. The van der Waals surface area contributed by atoms with Crippen molar-refractivity contribution in [2.45, 2.75) is 19.5 Å². The molecule has 0 aliphatic rings. The molecule has 0 unspecified atom stereocenters. The standard InChI is InChI=1S/C16H23N5O2/c1-12(15-19-17-11-21(15)8-9-23-4)18-16(22)13-6-5-7-14(10-13)20(2)3/h5-7,10-12H,8-9H2,1-4H3,(H,18,22)/t12-/m0/s1. The molecule has 23 heavy (non-hydrogen) atoms. The maximum atomic E-state index is 12.4. The summed E-state index contributed by atoms with van der Waals surface area (Å²) < 4.78 is 6.95. The summed E-state index contributed by atoms with van der Waals surface area (Å²) in [5.41, 5.74) is 1.60. The Hall–Kier alpha value is -2.41. The molecular formula is C16H23N5O2. The van der Waals surface area contributed by atoms with Gasteiger partial charge in [-0.25, -0.2) is 0 Å². The number of benzene rings is 1. The molecule has 124 valence electrons. The van der Waals surface area contributed by atoms with Crippen molar-refractivity contribution in [3.63, 3.8) is 0 Å². The smallest absolute Gasteiger partial charge is 0.251 e. The van der Waals surface area contributed by atoms with Crippen LogP contribution < -0.4 is 10.2 Å². The highest BCUT2D eigenvalue weighted by Crippen LogP contribution is 2.15. The van der Waals surface area contributed by atoms with Crippen molar-refractivity contribution < 1.29 is 9.53 Å². The van der Waals surface area contributed by atoms with Crippen LogP contribution in [0.3, 0.4) is 0 Å². The zero-order valence-electron chi connectivity index (χ0n) is 14.0. The quantitative estimate of drug-likeness (QED) is 0.837. The predicted molar refractivity (Wildman–Crippen MR) is 88.5 cm³/mol. The lowest BCUT2D eigenvalue weighted by Gasteiger charge is -2.16. The van der Waals surface area contributed by atoms with Gasteiger partial charge in [0.2, 0.25) is 0 Å². The summed E-state index contributed by atoms with van der Waals surface area (Å²) in [6.07, 6.45) is 1.64. The molecule has 1 atom stereocenters. The summed E-state index contributed by atoms with van der Waals surface area (Å²) in [4.78, 5) is 14.4. The van der Waals surface area contributed by atoms with Gasteiger partial charge in [0.15, 0.2) is 5.82 Å². The first-order valence-corrected chi connectivity index (χ1v) is 7.47. The summed E-state index contributed by atoms with van der Waals surface area (Å²) in [5, 5.41) is 11.0. The molecule has 2 rings (SSSR count). The molecule has 0 radical (unpaired) electrons. The van der Waals surface area contributed by atoms with Gasteiger partial charge in [0.05, 0.1) is 12.6 Å². The van der Waals surface area contributed by atoms with Crippen LogP contribution in [0.5, 0.6) is 0 Å². The second kappa shape index (κ2) is 7.73. The van der Waals surface area contributed by atoms with E-state index < -0.39 is 0 Å². The number of aromatic nitrogens is 3. The fraction of sp³-hybridized carbons (Fsp3) is 0.438. The van der Waals surface area contributed by atoms with Crippen LogP contribution in [-0.4, -0.2) is 48.5 Å². The Balaban J connectivity index is 2.08. The van der Waals surface area contributed by atoms with Gasteiger partial charge in [0, 0.05) is 39.0 Å². The van der Waals surface area contributed by atoms with Crippen molar-refractivity contribution in [3.8, 4) is 0 Å². The molecule has 0 bridgehead atoms. The summed E-state index contributed by atoms with van der Waals surface area (Å²) in [7, 11) is 5.53. The minimum atomic E-state index is -0.245. The normalized spacial score (nSPS) is 12.0. The summed E-state index contributed by atoms with van der Waals surface area (Å²) in [6.45, 7) is 3.10. The third kappa shape index (κ3) is 4.29. The summed E-state index contributed by atoms with van der Waals surface area (Å²) >= 11 is 0. The monoisotopic (exact) mass is 317 g/mol. The molecular weight excluding hydrogens is 294 g/mol. The highest BCUT2D eigenvalue weighted by Gasteiger charge is 2.17. The molecule has 7 nitrogen and oxygen atoms in total. The van der Waals surface area contributed by atoms with Crippen molar-refractivity contribution in [1.29, 1.82) is 0 Å². The van der Waals surface area contributed by atoms with E-state index in [0.717, 1.165) is 5.69 Å². The number of carbonyl (C=O) groups excluding carboxylic acids is 1. The second-order valence-corrected chi connectivity index (χ2v) is 5.52. The minimum absolute atomic E-state index is 0.137. The van der Waals surface area contributed by atoms with Crippen molar-refractivity contribution in [2.75, 3.05) is 32.7 Å². The van der Waals surface area contributed by atoms with E-state index in [9.17, 15) is 4.79 Å². The average Bonchev–Trinajstić information content (AvgIpc) is 3.01. The molecule has 0 saturated heterocycles. The molecule has 0 aliphatic carbocycles. The number of amides is 1. The van der Waals surface area contributed by atoms with Crippen LogP contribution in [0.25, 0.3) is 0 Å². The van der Waals surface area contributed by atoms with E-state index in [4.69, 9.17) is 4.74 Å². The molecule has 0 saturated carbocycles. The predicted octanol–water partition coefficient (Wildman–Crippen LogP) is 1.48. The van der Waals surface area contributed by atoms with Gasteiger partial charge in [0.1, 0.15) is 6.33 Å². The first-order chi connectivity index (χ1) is 11.0. The maximum absolute atomic E-state index is 12.4. The fourth-order valence-electron chi connectivity index (χ4n) is 2.23. The molecule has 0 fully saturated rings. The molecule has 1 N–H and O–H groups in total. The Kier molecular flexibility index (Phi) is 5.70. The number of anilines is 1. The zero-order chi connectivity index (χ0) is 16.8. The first-order valence-electron chi connectivity index (χ1n) is 7.47.